The van der Waals surface area contributed by atoms with Crippen LogP contribution in [0.4, 0.5) is 4.79 Å². The Labute approximate surface area is 118 Å². The van der Waals surface area contributed by atoms with E-state index in [1.54, 1.807) is 6.92 Å². The van der Waals surface area contributed by atoms with Gasteiger partial charge in [0.2, 0.25) is 5.91 Å². The molecule has 0 bridgehead atoms. The van der Waals surface area contributed by atoms with Gasteiger partial charge in [0.1, 0.15) is 6.04 Å². The number of nitrogens with zero attached hydrogens (tertiary/aromatic N) is 2. The number of carboxylic acids is 1. The third-order valence-electron chi connectivity index (χ3n) is 3.45. The Morgan fingerprint density at radius 1 is 1.20 bits per heavy atom. The summed E-state index contributed by atoms with van der Waals surface area (Å²) in [6.07, 6.45) is 0.252. The second kappa shape index (κ2) is 7.81. The quantitative estimate of drug-likeness (QED) is 0.594. The van der Waals surface area contributed by atoms with Gasteiger partial charge in [0, 0.05) is 46.2 Å². The molecule has 1 fully saturated rings. The molecule has 0 aromatic carbocycles. The monoisotopic (exact) mass is 286 g/mol. The largest absolute Gasteiger partial charge is 0.480 e. The van der Waals surface area contributed by atoms with E-state index in [1.807, 2.05) is 4.90 Å². The zero-order valence-corrected chi connectivity index (χ0v) is 11.9. The lowest BCUT2D eigenvalue weighted by molar-refractivity contribution is -0.143. The second-order valence-corrected chi connectivity index (χ2v) is 4.77. The van der Waals surface area contributed by atoms with Crippen molar-refractivity contribution < 1.29 is 19.5 Å². The molecule has 3 N–H and O–H groups in total. The smallest absolute Gasteiger partial charge is 0.321 e. The van der Waals surface area contributed by atoms with Crippen molar-refractivity contribution in [2.45, 2.75) is 19.4 Å². The number of hydrogen-bond donors (Lipinski definition) is 3. The Bertz CT molecular complexity index is 366. The normalized spacial score (nSPS) is 18.3. The number of hydrogen-bond acceptors (Lipinski definition) is 5. The zero-order valence-electron chi connectivity index (χ0n) is 11.9. The number of amides is 3. The molecule has 8 nitrogen and oxygen atoms in total. The van der Waals surface area contributed by atoms with Gasteiger partial charge in [-0.1, -0.05) is 0 Å². The summed E-state index contributed by atoms with van der Waals surface area (Å²) in [4.78, 5) is 37.2. The van der Waals surface area contributed by atoms with Crippen LogP contribution in [-0.4, -0.2) is 78.6 Å². The minimum Gasteiger partial charge on any atom is -0.480 e. The minimum atomic E-state index is -0.816. The Morgan fingerprint density at radius 2 is 1.80 bits per heavy atom. The molecule has 1 heterocycles. The van der Waals surface area contributed by atoms with Crippen LogP contribution in [0.1, 0.15) is 13.3 Å². The van der Waals surface area contributed by atoms with E-state index >= 15 is 0 Å². The number of nitrogens with one attached hydrogen (secondary N) is 2. The molecule has 1 atom stereocenters. The molecule has 0 radical (unpaired) electrons. The molecule has 1 unspecified atom stereocenters. The van der Waals surface area contributed by atoms with Gasteiger partial charge in [-0.25, -0.2) is 4.79 Å². The van der Waals surface area contributed by atoms with Gasteiger partial charge in [-0.2, -0.15) is 0 Å². The highest BCUT2D eigenvalue weighted by atomic mass is 16.4. The lowest BCUT2D eigenvalue weighted by atomic mass is 10.2. The van der Waals surface area contributed by atoms with E-state index in [2.05, 4.69) is 15.5 Å². The third kappa shape index (κ3) is 5.14. The molecule has 1 aliphatic heterocycles. The van der Waals surface area contributed by atoms with Crippen molar-refractivity contribution in [2.24, 2.45) is 0 Å². The van der Waals surface area contributed by atoms with E-state index in [0.717, 1.165) is 13.1 Å². The van der Waals surface area contributed by atoms with Crippen molar-refractivity contribution in [3.63, 3.8) is 0 Å². The molecule has 0 aromatic heterocycles. The fourth-order valence-corrected chi connectivity index (χ4v) is 2.04. The van der Waals surface area contributed by atoms with Crippen molar-refractivity contribution in [3.8, 4) is 0 Å². The number of carboxylic acid groups (broad SMARTS) is 1. The van der Waals surface area contributed by atoms with Crippen LogP contribution in [0.3, 0.4) is 0 Å². The first-order chi connectivity index (χ1) is 9.43. The Kier molecular flexibility index (Phi) is 6.40. The van der Waals surface area contributed by atoms with Crippen LogP contribution in [0.5, 0.6) is 0 Å². The molecular weight excluding hydrogens is 264 g/mol. The van der Waals surface area contributed by atoms with Gasteiger partial charge in [0.25, 0.3) is 0 Å². The SMILES string of the molecule is CNC(=O)NC(=O)CCN1CCN(C(C)C(=O)O)CC1. The second-order valence-electron chi connectivity index (χ2n) is 4.77. The van der Waals surface area contributed by atoms with Crippen LogP contribution in [-0.2, 0) is 9.59 Å². The molecule has 1 rings (SSSR count). The Balaban J connectivity index is 2.24. The van der Waals surface area contributed by atoms with E-state index in [-0.39, 0.29) is 12.3 Å². The Hall–Kier alpha value is -1.67. The highest BCUT2D eigenvalue weighted by Gasteiger charge is 2.25. The Morgan fingerprint density at radius 3 is 2.30 bits per heavy atom. The van der Waals surface area contributed by atoms with Crippen LogP contribution < -0.4 is 10.6 Å². The molecule has 20 heavy (non-hydrogen) atoms. The van der Waals surface area contributed by atoms with Gasteiger partial charge in [-0.15, -0.1) is 0 Å². The summed E-state index contributed by atoms with van der Waals surface area (Å²) in [5.74, 6) is -1.13. The molecule has 1 aliphatic rings. The summed E-state index contributed by atoms with van der Waals surface area (Å²) >= 11 is 0. The highest BCUT2D eigenvalue weighted by Crippen LogP contribution is 2.06. The molecule has 0 aromatic rings. The maximum absolute atomic E-state index is 11.4. The van der Waals surface area contributed by atoms with Gasteiger partial charge < -0.3 is 15.3 Å². The van der Waals surface area contributed by atoms with Gasteiger partial charge in [-0.3, -0.25) is 19.8 Å². The summed E-state index contributed by atoms with van der Waals surface area (Å²) in [6, 6.07) is -0.983. The summed E-state index contributed by atoms with van der Waals surface area (Å²) in [5, 5.41) is 13.5. The summed E-state index contributed by atoms with van der Waals surface area (Å²) in [6.45, 7) is 5.04. The number of rotatable bonds is 5. The van der Waals surface area contributed by atoms with Crippen molar-refractivity contribution in [1.29, 1.82) is 0 Å². The first-order valence-electron chi connectivity index (χ1n) is 6.64. The first kappa shape index (κ1) is 16.4. The van der Waals surface area contributed by atoms with E-state index in [4.69, 9.17) is 5.11 Å². The molecular formula is C12H22N4O4. The van der Waals surface area contributed by atoms with Crippen molar-refractivity contribution >= 4 is 17.9 Å². The molecule has 8 heteroatoms. The van der Waals surface area contributed by atoms with Crippen LogP contribution in [0.2, 0.25) is 0 Å². The van der Waals surface area contributed by atoms with E-state index in [0.29, 0.717) is 19.6 Å². The van der Waals surface area contributed by atoms with Crippen LogP contribution in [0.25, 0.3) is 0 Å². The zero-order chi connectivity index (χ0) is 15.1. The standard InChI is InChI=1S/C12H22N4O4/c1-9(11(18)19)16-7-5-15(6-8-16)4-3-10(17)14-12(20)13-2/h9H,3-8H2,1-2H3,(H,18,19)(H2,13,14,17,20). The fourth-order valence-electron chi connectivity index (χ4n) is 2.04. The summed E-state index contributed by atoms with van der Waals surface area (Å²) in [7, 11) is 1.45. The number of urea groups is 1. The topological polar surface area (TPSA) is 102 Å². The van der Waals surface area contributed by atoms with Crippen LogP contribution in [0.15, 0.2) is 0 Å². The highest BCUT2D eigenvalue weighted by molar-refractivity contribution is 5.94. The number of aliphatic carboxylic acids is 1. The average Bonchev–Trinajstić information content (AvgIpc) is 2.44. The number of carbonyl (C=O) groups excluding carboxylic acids is 2. The van der Waals surface area contributed by atoms with E-state index in [1.165, 1.54) is 7.05 Å². The van der Waals surface area contributed by atoms with Crippen molar-refractivity contribution in [1.82, 2.24) is 20.4 Å². The minimum absolute atomic E-state index is 0.252. The van der Waals surface area contributed by atoms with Gasteiger partial charge in [0.05, 0.1) is 0 Å². The number of carbonyl (C=O) groups is 3. The lowest BCUT2D eigenvalue weighted by Gasteiger charge is -2.36. The summed E-state index contributed by atoms with van der Waals surface area (Å²) in [5.41, 5.74) is 0. The fraction of sp³-hybridized carbons (Fsp3) is 0.750. The van der Waals surface area contributed by atoms with Crippen LogP contribution in [0, 0.1) is 0 Å². The lowest BCUT2D eigenvalue weighted by Crippen LogP contribution is -2.52. The number of imide groups is 1. The summed E-state index contributed by atoms with van der Waals surface area (Å²) < 4.78 is 0. The average molecular weight is 286 g/mol. The third-order valence-corrected chi connectivity index (χ3v) is 3.45. The van der Waals surface area contributed by atoms with E-state index in [9.17, 15) is 14.4 Å². The van der Waals surface area contributed by atoms with E-state index < -0.39 is 18.0 Å². The molecule has 0 aliphatic carbocycles. The number of piperazine rings is 1. The molecule has 0 saturated carbocycles. The maximum Gasteiger partial charge on any atom is 0.321 e. The predicted molar refractivity (Wildman–Crippen MR) is 72.3 cm³/mol. The van der Waals surface area contributed by atoms with Gasteiger partial charge >= 0.3 is 12.0 Å². The maximum atomic E-state index is 11.4. The first-order valence-corrected chi connectivity index (χ1v) is 6.64. The molecule has 1 saturated heterocycles. The van der Waals surface area contributed by atoms with Crippen LogP contribution >= 0.6 is 0 Å². The molecule has 114 valence electrons. The van der Waals surface area contributed by atoms with Gasteiger partial charge in [-0.05, 0) is 6.92 Å². The molecule has 0 spiro atoms. The predicted octanol–water partition coefficient (Wildman–Crippen LogP) is -1.08. The molecule has 3 amide bonds. The van der Waals surface area contributed by atoms with Crippen molar-refractivity contribution in [2.75, 3.05) is 39.8 Å². The van der Waals surface area contributed by atoms with Crippen molar-refractivity contribution in [3.05, 3.63) is 0 Å². The van der Waals surface area contributed by atoms with Gasteiger partial charge in [0.15, 0.2) is 0 Å².